The molecule has 0 spiro atoms. The van der Waals surface area contributed by atoms with Crippen LogP contribution >= 0.6 is 15.9 Å². The molecule has 13 heavy (non-hydrogen) atoms. The van der Waals surface area contributed by atoms with E-state index < -0.39 is 12.0 Å². The number of nitrogens with zero attached hydrogens (tertiary/aromatic N) is 3. The maximum Gasteiger partial charge on any atom is 0.401 e. The molecule has 0 aliphatic carbocycles. The van der Waals surface area contributed by atoms with Gasteiger partial charge in [0.1, 0.15) is 0 Å². The predicted octanol–water partition coefficient (Wildman–Crippen LogP) is 1.79. The lowest BCUT2D eigenvalue weighted by Crippen LogP contribution is -2.38. The molecule has 5 nitrogen and oxygen atoms in total. The fourth-order valence-electron chi connectivity index (χ4n) is 0.477. The number of carbonyl (C=O) groups excluding carboxylic acids is 1. The summed E-state index contributed by atoms with van der Waals surface area (Å²) >= 11 is 3.06. The number of amides is 1. The highest BCUT2D eigenvalue weighted by atomic mass is 79.9. The fraction of sp³-hybridized carbons (Fsp3) is 0.800. The minimum absolute atomic E-state index is 0.112. The second kappa shape index (κ2) is 5.71. The van der Waals surface area contributed by atoms with E-state index in [2.05, 4.69) is 21.0 Å². The zero-order chi connectivity index (χ0) is 10.3. The van der Waals surface area contributed by atoms with E-state index in [0.29, 0.717) is 11.8 Å². The van der Waals surface area contributed by atoms with E-state index in [-0.39, 0.29) is 6.54 Å². The van der Waals surface area contributed by atoms with E-state index in [0.717, 1.165) is 0 Å². The molecule has 0 rings (SSSR count). The van der Waals surface area contributed by atoms with Gasteiger partial charge in [0.05, 0.1) is 0 Å². The van der Waals surface area contributed by atoms with Gasteiger partial charge in [-0.25, -0.2) is 0 Å². The average Bonchev–Trinajstić information content (AvgIpc) is 2.04. The van der Waals surface area contributed by atoms with Crippen LogP contribution in [0.4, 0.5) is 8.78 Å². The van der Waals surface area contributed by atoms with Gasteiger partial charge in [0, 0.05) is 16.8 Å². The third-order valence-electron chi connectivity index (χ3n) is 1.04. The Balaban J connectivity index is 4.02. The van der Waals surface area contributed by atoms with Crippen LogP contribution in [0.3, 0.4) is 0 Å². The summed E-state index contributed by atoms with van der Waals surface area (Å²) in [6.45, 7) is 0.112. The Morgan fingerprint density at radius 2 is 2.31 bits per heavy atom. The molecule has 0 fully saturated rings. The summed E-state index contributed by atoms with van der Waals surface area (Å²) in [6, 6.07) is -4.00. The Bertz CT molecular complexity index is 229. The fourth-order valence-corrected chi connectivity index (χ4v) is 0.757. The van der Waals surface area contributed by atoms with Crippen LogP contribution in [0.5, 0.6) is 0 Å². The minimum atomic E-state index is -4.00. The standard InChI is InChI=1S/C5H7BrF2N4O/c6-2-1-3-10-4(13)5(7,8)11-12-9/h1-3H2,(H,10,13). The van der Waals surface area contributed by atoms with Crippen molar-refractivity contribution >= 4 is 21.8 Å². The minimum Gasteiger partial charge on any atom is -0.351 e. The van der Waals surface area contributed by atoms with Gasteiger partial charge in [-0.3, -0.25) is 4.79 Å². The summed E-state index contributed by atoms with van der Waals surface area (Å²) in [5.41, 5.74) is 7.71. The van der Waals surface area contributed by atoms with Gasteiger partial charge in [0.25, 0.3) is 5.91 Å². The van der Waals surface area contributed by atoms with E-state index in [9.17, 15) is 13.6 Å². The molecule has 1 N–H and O–H groups in total. The van der Waals surface area contributed by atoms with E-state index in [1.54, 1.807) is 0 Å². The third-order valence-corrected chi connectivity index (χ3v) is 1.60. The number of rotatable bonds is 5. The largest absolute Gasteiger partial charge is 0.401 e. The van der Waals surface area contributed by atoms with E-state index in [1.807, 2.05) is 10.2 Å². The zero-order valence-electron chi connectivity index (χ0n) is 6.51. The molecule has 0 saturated carbocycles. The molecule has 0 heterocycles. The van der Waals surface area contributed by atoms with Crippen LogP contribution in [-0.2, 0) is 4.79 Å². The SMILES string of the molecule is [N-]=[N+]=NC(F)(F)C(=O)NCCCBr. The van der Waals surface area contributed by atoms with Crippen molar-refractivity contribution in [3.8, 4) is 0 Å². The highest BCUT2D eigenvalue weighted by molar-refractivity contribution is 9.09. The van der Waals surface area contributed by atoms with Gasteiger partial charge < -0.3 is 5.32 Å². The lowest BCUT2D eigenvalue weighted by Gasteiger charge is -2.09. The number of halogens is 3. The van der Waals surface area contributed by atoms with Crippen molar-refractivity contribution in [2.45, 2.75) is 12.5 Å². The van der Waals surface area contributed by atoms with Crippen LogP contribution in [0, 0.1) is 0 Å². The van der Waals surface area contributed by atoms with Crippen molar-refractivity contribution in [2.24, 2.45) is 5.11 Å². The molecular formula is C5H7BrF2N4O. The molecule has 8 heteroatoms. The number of alkyl halides is 3. The molecule has 0 aliphatic heterocycles. The lowest BCUT2D eigenvalue weighted by molar-refractivity contribution is -0.144. The van der Waals surface area contributed by atoms with Crippen LogP contribution < -0.4 is 5.32 Å². The molecule has 0 aromatic heterocycles. The van der Waals surface area contributed by atoms with Gasteiger partial charge in [0.15, 0.2) is 0 Å². The third kappa shape index (κ3) is 4.64. The van der Waals surface area contributed by atoms with Crippen LogP contribution in [0.25, 0.3) is 10.4 Å². The van der Waals surface area contributed by atoms with Crippen LogP contribution in [0.2, 0.25) is 0 Å². The smallest absolute Gasteiger partial charge is 0.351 e. The number of carbonyl (C=O) groups is 1. The van der Waals surface area contributed by atoms with Crippen LogP contribution in [-0.4, -0.2) is 23.8 Å². The molecule has 74 valence electrons. The summed E-state index contributed by atoms with van der Waals surface area (Å²) in [7, 11) is 0. The second-order valence-corrected chi connectivity index (χ2v) is 2.82. The Morgan fingerprint density at radius 3 is 2.77 bits per heavy atom. The van der Waals surface area contributed by atoms with Gasteiger partial charge in [0.2, 0.25) is 0 Å². The van der Waals surface area contributed by atoms with Gasteiger partial charge in [-0.15, -0.1) is 0 Å². The van der Waals surface area contributed by atoms with Gasteiger partial charge in [-0.2, -0.15) is 8.78 Å². The molecular weight excluding hydrogens is 250 g/mol. The van der Waals surface area contributed by atoms with Crippen molar-refractivity contribution in [3.63, 3.8) is 0 Å². The summed E-state index contributed by atoms with van der Waals surface area (Å²) < 4.78 is 24.8. The van der Waals surface area contributed by atoms with Crippen molar-refractivity contribution in [1.29, 1.82) is 0 Å². The van der Waals surface area contributed by atoms with E-state index in [4.69, 9.17) is 5.53 Å². The van der Waals surface area contributed by atoms with Gasteiger partial charge in [-0.1, -0.05) is 15.9 Å². The molecule has 0 radical (unpaired) electrons. The summed E-state index contributed by atoms with van der Waals surface area (Å²) in [5, 5.41) is 4.58. The first-order chi connectivity index (χ1) is 6.04. The van der Waals surface area contributed by atoms with E-state index >= 15 is 0 Å². The maximum absolute atomic E-state index is 12.4. The first-order valence-corrected chi connectivity index (χ1v) is 4.45. The number of hydrogen-bond donors (Lipinski definition) is 1. The summed E-state index contributed by atoms with van der Waals surface area (Å²) in [4.78, 5) is 12.4. The molecule has 0 aromatic rings. The maximum atomic E-state index is 12.4. The van der Waals surface area contributed by atoms with Crippen LogP contribution in [0.1, 0.15) is 6.42 Å². The first kappa shape index (κ1) is 12.1. The topological polar surface area (TPSA) is 77.9 Å². The summed E-state index contributed by atoms with van der Waals surface area (Å²) in [6.07, 6.45) is 0.526. The normalized spacial score (nSPS) is 10.4. The zero-order valence-corrected chi connectivity index (χ0v) is 8.09. The Morgan fingerprint density at radius 1 is 1.69 bits per heavy atom. The molecule has 1 amide bonds. The Hall–Kier alpha value is -0.880. The second-order valence-electron chi connectivity index (χ2n) is 2.03. The van der Waals surface area contributed by atoms with Gasteiger partial charge >= 0.3 is 6.05 Å². The Kier molecular flexibility index (Phi) is 5.33. The Labute approximate surface area is 81.2 Å². The quantitative estimate of drug-likeness (QED) is 0.200. The number of hydrogen-bond acceptors (Lipinski definition) is 2. The molecule has 0 atom stereocenters. The molecule has 0 unspecified atom stereocenters. The van der Waals surface area contributed by atoms with E-state index in [1.165, 1.54) is 0 Å². The first-order valence-electron chi connectivity index (χ1n) is 3.33. The molecule has 0 saturated heterocycles. The van der Waals surface area contributed by atoms with Crippen molar-refractivity contribution in [3.05, 3.63) is 10.4 Å². The predicted molar refractivity (Wildman–Crippen MR) is 45.5 cm³/mol. The van der Waals surface area contributed by atoms with Crippen LogP contribution in [0.15, 0.2) is 5.11 Å². The molecule has 0 bridgehead atoms. The highest BCUT2D eigenvalue weighted by Crippen LogP contribution is 2.14. The lowest BCUT2D eigenvalue weighted by atomic mass is 10.4. The van der Waals surface area contributed by atoms with Crippen molar-refractivity contribution in [1.82, 2.24) is 5.32 Å². The summed E-state index contributed by atoms with van der Waals surface area (Å²) in [5.74, 6) is -1.58. The highest BCUT2D eigenvalue weighted by Gasteiger charge is 2.37. The van der Waals surface area contributed by atoms with Crippen molar-refractivity contribution < 1.29 is 13.6 Å². The molecule has 0 aliphatic rings. The van der Waals surface area contributed by atoms with Crippen molar-refractivity contribution in [2.75, 3.05) is 11.9 Å². The average molecular weight is 257 g/mol. The number of azide groups is 1. The number of nitrogens with one attached hydrogen (secondary N) is 1. The monoisotopic (exact) mass is 256 g/mol. The van der Waals surface area contributed by atoms with Gasteiger partial charge in [-0.05, 0) is 17.1 Å². The molecule has 0 aromatic carbocycles.